The Labute approximate surface area is 204 Å². The van der Waals surface area contributed by atoms with Crippen LogP contribution in [-0.4, -0.2) is 12.7 Å². The second kappa shape index (κ2) is 11.2. The molecule has 2 aromatic carbocycles. The summed E-state index contributed by atoms with van der Waals surface area (Å²) in [5, 5.41) is 0. The van der Waals surface area contributed by atoms with E-state index in [9.17, 15) is 17.6 Å². The molecule has 0 radical (unpaired) electrons. The Morgan fingerprint density at radius 2 is 1.63 bits per heavy atom. The topological polar surface area (TPSA) is 9.23 Å². The summed E-state index contributed by atoms with van der Waals surface area (Å²) in [6, 6.07) is 10.2. The van der Waals surface area contributed by atoms with Crippen molar-refractivity contribution in [2.75, 3.05) is 6.61 Å². The Bertz CT molecular complexity index is 1150. The monoisotopic (exact) mass is 482 g/mol. The molecule has 1 nitrogen and oxygen atoms in total. The lowest BCUT2D eigenvalue weighted by molar-refractivity contribution is 0.0701. The van der Waals surface area contributed by atoms with E-state index in [4.69, 9.17) is 4.74 Å². The van der Waals surface area contributed by atoms with Gasteiger partial charge < -0.3 is 4.74 Å². The van der Waals surface area contributed by atoms with E-state index in [1.54, 1.807) is 55.5 Å². The minimum atomic E-state index is -0.918. The van der Waals surface area contributed by atoms with E-state index >= 15 is 0 Å². The highest BCUT2D eigenvalue weighted by atomic mass is 19.2. The fraction of sp³-hybridized carbons (Fsp3) is 0.333. The predicted molar refractivity (Wildman–Crippen MR) is 133 cm³/mol. The van der Waals surface area contributed by atoms with Crippen molar-refractivity contribution < 1.29 is 22.3 Å². The molecule has 2 aromatic rings. The van der Waals surface area contributed by atoms with Crippen molar-refractivity contribution in [1.82, 2.24) is 0 Å². The zero-order valence-electron chi connectivity index (χ0n) is 19.9. The van der Waals surface area contributed by atoms with Gasteiger partial charge in [0.1, 0.15) is 6.10 Å². The first kappa shape index (κ1) is 25.2. The summed E-state index contributed by atoms with van der Waals surface area (Å²) in [6.45, 7) is 5.88. The molecule has 4 rings (SSSR count). The maximum Gasteiger partial charge on any atom is 0.166 e. The fourth-order valence-electron chi connectivity index (χ4n) is 4.92. The minimum absolute atomic E-state index is 0.0273. The third-order valence-corrected chi connectivity index (χ3v) is 7.00. The van der Waals surface area contributed by atoms with Gasteiger partial charge in [-0.3, -0.25) is 0 Å². The lowest BCUT2D eigenvalue weighted by Gasteiger charge is -2.27. The molecule has 1 atom stereocenters. The van der Waals surface area contributed by atoms with Crippen LogP contribution in [0.3, 0.4) is 0 Å². The average molecular weight is 483 g/mol. The van der Waals surface area contributed by atoms with E-state index < -0.39 is 29.4 Å². The summed E-state index contributed by atoms with van der Waals surface area (Å²) in [7, 11) is 0. The second-order valence-electron chi connectivity index (χ2n) is 9.13. The van der Waals surface area contributed by atoms with Crippen LogP contribution in [0, 0.1) is 17.6 Å². The Balaban J connectivity index is 1.47. The number of benzene rings is 2. The molecule has 1 fully saturated rings. The maximum absolute atomic E-state index is 15.0. The molecule has 0 aliphatic heterocycles. The van der Waals surface area contributed by atoms with Gasteiger partial charge in [0.25, 0.3) is 0 Å². The standard InChI is InChI=1S/C30H30F4O/c1-3-19-5-10-21(11-6-19)24-16-17-25(29(33)28(24)32)22-12-7-20(8-13-22)9-14-23-15-18-26(35-4-2)30(34)27(23)31/h3,7-9,12-17,19,21,26H,1,4-6,10-11,18H2,2H3/b14-9+. The van der Waals surface area contributed by atoms with Crippen LogP contribution < -0.4 is 0 Å². The van der Waals surface area contributed by atoms with E-state index in [0.29, 0.717) is 23.7 Å². The highest BCUT2D eigenvalue weighted by Crippen LogP contribution is 2.39. The summed E-state index contributed by atoms with van der Waals surface area (Å²) in [6.07, 6.45) is 9.65. The van der Waals surface area contributed by atoms with Gasteiger partial charge in [-0.1, -0.05) is 60.7 Å². The summed E-state index contributed by atoms with van der Waals surface area (Å²) in [5.74, 6) is -2.93. The normalized spacial score (nSPS) is 23.0. The van der Waals surface area contributed by atoms with E-state index in [-0.39, 0.29) is 23.5 Å². The van der Waals surface area contributed by atoms with Gasteiger partial charge in [0.15, 0.2) is 23.3 Å². The first-order chi connectivity index (χ1) is 16.9. The van der Waals surface area contributed by atoms with Crippen molar-refractivity contribution in [3.8, 4) is 11.1 Å². The van der Waals surface area contributed by atoms with Crippen LogP contribution in [0.4, 0.5) is 17.6 Å². The van der Waals surface area contributed by atoms with E-state index in [1.165, 1.54) is 6.08 Å². The van der Waals surface area contributed by atoms with E-state index in [2.05, 4.69) is 6.58 Å². The van der Waals surface area contributed by atoms with Gasteiger partial charge in [-0.05, 0) is 67.6 Å². The Morgan fingerprint density at radius 3 is 2.29 bits per heavy atom. The number of ether oxygens (including phenoxy) is 1. The molecule has 0 aromatic heterocycles. The summed E-state index contributed by atoms with van der Waals surface area (Å²) < 4.78 is 63.6. The van der Waals surface area contributed by atoms with Crippen molar-refractivity contribution in [2.45, 2.75) is 51.0 Å². The van der Waals surface area contributed by atoms with Crippen LogP contribution >= 0.6 is 0 Å². The minimum Gasteiger partial charge on any atom is -0.371 e. The zero-order chi connectivity index (χ0) is 24.9. The van der Waals surface area contributed by atoms with Crippen LogP contribution in [0.15, 0.2) is 78.4 Å². The van der Waals surface area contributed by atoms with E-state index in [1.807, 2.05) is 6.08 Å². The second-order valence-corrected chi connectivity index (χ2v) is 9.13. The summed E-state index contributed by atoms with van der Waals surface area (Å²) in [5.41, 5.74) is 2.09. The van der Waals surface area contributed by atoms with Crippen LogP contribution in [0.2, 0.25) is 0 Å². The molecule has 0 saturated heterocycles. The van der Waals surface area contributed by atoms with Crippen molar-refractivity contribution in [3.05, 3.63) is 101 Å². The molecule has 2 aliphatic rings. The smallest absolute Gasteiger partial charge is 0.166 e. The molecule has 5 heteroatoms. The molecule has 0 bridgehead atoms. The van der Waals surface area contributed by atoms with Crippen LogP contribution in [0.5, 0.6) is 0 Å². The number of hydrogen-bond donors (Lipinski definition) is 0. The van der Waals surface area contributed by atoms with Crippen LogP contribution in [0.25, 0.3) is 17.2 Å². The van der Waals surface area contributed by atoms with Gasteiger partial charge in [0, 0.05) is 17.7 Å². The first-order valence-electron chi connectivity index (χ1n) is 12.2. The predicted octanol–water partition coefficient (Wildman–Crippen LogP) is 8.99. The van der Waals surface area contributed by atoms with Gasteiger partial charge in [-0.25, -0.2) is 17.6 Å². The fourth-order valence-corrected chi connectivity index (χ4v) is 4.92. The third kappa shape index (κ3) is 5.51. The highest BCUT2D eigenvalue weighted by Gasteiger charge is 2.26. The van der Waals surface area contributed by atoms with Gasteiger partial charge >= 0.3 is 0 Å². The molecule has 0 N–H and O–H groups in total. The molecule has 2 aliphatic carbocycles. The molecule has 0 spiro atoms. The Hall–Kier alpha value is -2.92. The SMILES string of the molecule is C=CC1CCC(c2ccc(-c3ccc(/C=C/C4=CCC(OCC)C(F)=C4F)cc3)c(F)c2F)CC1. The van der Waals surface area contributed by atoms with Gasteiger partial charge in [0.05, 0.1) is 0 Å². The zero-order valence-corrected chi connectivity index (χ0v) is 19.9. The lowest BCUT2D eigenvalue weighted by atomic mass is 9.78. The summed E-state index contributed by atoms with van der Waals surface area (Å²) in [4.78, 5) is 0. The number of rotatable bonds is 7. The first-order valence-corrected chi connectivity index (χ1v) is 12.2. The number of halogens is 4. The molecule has 35 heavy (non-hydrogen) atoms. The van der Waals surface area contributed by atoms with Gasteiger partial charge in [-0.2, -0.15) is 0 Å². The van der Waals surface area contributed by atoms with Crippen molar-refractivity contribution in [1.29, 1.82) is 0 Å². The Kier molecular flexibility index (Phi) is 8.07. The average Bonchev–Trinajstić information content (AvgIpc) is 2.88. The van der Waals surface area contributed by atoms with Crippen molar-refractivity contribution >= 4 is 6.08 Å². The quantitative estimate of drug-likeness (QED) is 0.283. The highest BCUT2D eigenvalue weighted by molar-refractivity contribution is 5.67. The number of hydrogen-bond acceptors (Lipinski definition) is 1. The maximum atomic E-state index is 15.0. The largest absolute Gasteiger partial charge is 0.371 e. The molecule has 184 valence electrons. The lowest BCUT2D eigenvalue weighted by Crippen LogP contribution is -2.17. The molecule has 0 amide bonds. The van der Waals surface area contributed by atoms with Crippen LogP contribution in [0.1, 0.15) is 56.1 Å². The van der Waals surface area contributed by atoms with E-state index in [0.717, 1.165) is 31.2 Å². The van der Waals surface area contributed by atoms with Crippen molar-refractivity contribution in [3.63, 3.8) is 0 Å². The third-order valence-electron chi connectivity index (χ3n) is 7.00. The molecular formula is C30H30F4O. The van der Waals surface area contributed by atoms with Crippen molar-refractivity contribution in [2.24, 2.45) is 5.92 Å². The molecule has 0 heterocycles. The van der Waals surface area contributed by atoms with Gasteiger partial charge in [-0.15, -0.1) is 6.58 Å². The Morgan fingerprint density at radius 1 is 0.914 bits per heavy atom. The number of allylic oxidation sites excluding steroid dienone is 4. The molecular weight excluding hydrogens is 452 g/mol. The molecule has 1 saturated carbocycles. The van der Waals surface area contributed by atoms with Gasteiger partial charge in [0.2, 0.25) is 0 Å². The van der Waals surface area contributed by atoms with Crippen LogP contribution in [-0.2, 0) is 4.74 Å². The molecule has 1 unspecified atom stereocenters. The summed E-state index contributed by atoms with van der Waals surface area (Å²) >= 11 is 0.